The first-order chi connectivity index (χ1) is 10.7. The van der Waals surface area contributed by atoms with Crippen LogP contribution in [-0.4, -0.2) is 62.9 Å². The topological polar surface area (TPSA) is 92.7 Å². The highest BCUT2D eigenvalue weighted by Gasteiger charge is 2.05. The molecule has 0 fully saturated rings. The van der Waals surface area contributed by atoms with Gasteiger partial charge in [-0.25, -0.2) is 0 Å². The highest BCUT2D eigenvalue weighted by Crippen LogP contribution is 2.00. The molecule has 6 heteroatoms. The van der Waals surface area contributed by atoms with E-state index in [-0.39, 0.29) is 11.8 Å². The Hall–Kier alpha value is -1.66. The first kappa shape index (κ1) is 23.6. The second-order valence-electron chi connectivity index (χ2n) is 5.68. The van der Waals surface area contributed by atoms with Crippen LogP contribution in [0.4, 0.5) is 0 Å². The first-order valence-electron chi connectivity index (χ1n) is 7.85. The SMILES string of the molecule is CC(=CCCCN)C(=O)N(C)C.CC(=CCCN)C(=O)N(C)C. The van der Waals surface area contributed by atoms with Gasteiger partial charge >= 0.3 is 0 Å². The molecule has 0 spiro atoms. The van der Waals surface area contributed by atoms with Crippen LogP contribution >= 0.6 is 0 Å². The van der Waals surface area contributed by atoms with E-state index < -0.39 is 0 Å². The van der Waals surface area contributed by atoms with Crippen molar-refractivity contribution >= 4 is 11.8 Å². The molecule has 0 unspecified atom stereocenters. The van der Waals surface area contributed by atoms with Gasteiger partial charge in [-0.1, -0.05) is 12.2 Å². The summed E-state index contributed by atoms with van der Waals surface area (Å²) < 4.78 is 0. The molecule has 0 saturated heterocycles. The number of allylic oxidation sites excluding steroid dienone is 1. The van der Waals surface area contributed by atoms with Gasteiger partial charge in [-0.05, 0) is 46.2 Å². The van der Waals surface area contributed by atoms with Crippen molar-refractivity contribution in [3.8, 4) is 0 Å². The Morgan fingerprint density at radius 1 is 0.783 bits per heavy atom. The lowest BCUT2D eigenvalue weighted by atomic mass is 10.2. The van der Waals surface area contributed by atoms with Crippen molar-refractivity contribution in [2.24, 2.45) is 11.5 Å². The minimum atomic E-state index is 0.0541. The van der Waals surface area contributed by atoms with Gasteiger partial charge in [-0.2, -0.15) is 0 Å². The molecule has 23 heavy (non-hydrogen) atoms. The summed E-state index contributed by atoms with van der Waals surface area (Å²) in [5, 5.41) is 0. The summed E-state index contributed by atoms with van der Waals surface area (Å²) in [7, 11) is 6.98. The number of unbranched alkanes of at least 4 members (excludes halogenated alkanes) is 1. The molecule has 0 atom stereocenters. The van der Waals surface area contributed by atoms with Gasteiger partial charge in [0, 0.05) is 39.3 Å². The Kier molecular flexibility index (Phi) is 14.3. The van der Waals surface area contributed by atoms with E-state index in [0.29, 0.717) is 13.1 Å². The summed E-state index contributed by atoms with van der Waals surface area (Å²) in [5.41, 5.74) is 12.2. The summed E-state index contributed by atoms with van der Waals surface area (Å²) in [6.45, 7) is 4.91. The average Bonchev–Trinajstić information content (AvgIpc) is 2.51. The van der Waals surface area contributed by atoms with E-state index in [1.165, 1.54) is 0 Å². The van der Waals surface area contributed by atoms with Crippen LogP contribution in [0.15, 0.2) is 23.3 Å². The van der Waals surface area contributed by atoms with Crippen molar-refractivity contribution in [2.45, 2.75) is 33.1 Å². The highest BCUT2D eigenvalue weighted by molar-refractivity contribution is 5.92. The van der Waals surface area contributed by atoms with Crippen molar-refractivity contribution in [3.05, 3.63) is 23.3 Å². The zero-order valence-corrected chi connectivity index (χ0v) is 15.6. The van der Waals surface area contributed by atoms with E-state index in [2.05, 4.69) is 0 Å². The smallest absolute Gasteiger partial charge is 0.248 e. The summed E-state index contributed by atoms with van der Waals surface area (Å²) >= 11 is 0. The molecule has 0 saturated carbocycles. The fourth-order valence-corrected chi connectivity index (χ4v) is 1.62. The molecule has 6 nitrogen and oxygen atoms in total. The number of amides is 2. The van der Waals surface area contributed by atoms with Gasteiger partial charge in [-0.3, -0.25) is 9.59 Å². The molecule has 134 valence electrons. The van der Waals surface area contributed by atoms with Crippen LogP contribution in [0.1, 0.15) is 33.1 Å². The summed E-state index contributed by atoms with van der Waals surface area (Å²) in [5.74, 6) is 0.130. The third-order valence-corrected chi connectivity index (χ3v) is 2.96. The van der Waals surface area contributed by atoms with Gasteiger partial charge in [-0.15, -0.1) is 0 Å². The summed E-state index contributed by atoms with van der Waals surface area (Å²) in [4.78, 5) is 25.6. The van der Waals surface area contributed by atoms with Crippen molar-refractivity contribution in [1.82, 2.24) is 9.80 Å². The Morgan fingerprint density at radius 3 is 1.48 bits per heavy atom. The van der Waals surface area contributed by atoms with E-state index in [0.717, 1.165) is 30.4 Å². The molecule has 0 heterocycles. The maximum absolute atomic E-state index is 11.3. The van der Waals surface area contributed by atoms with E-state index in [1.54, 1.807) is 44.9 Å². The highest BCUT2D eigenvalue weighted by atomic mass is 16.2. The molecule has 0 aromatic heterocycles. The van der Waals surface area contributed by atoms with Gasteiger partial charge in [0.1, 0.15) is 0 Å². The fourth-order valence-electron chi connectivity index (χ4n) is 1.62. The van der Waals surface area contributed by atoms with Crippen LogP contribution in [0, 0.1) is 0 Å². The van der Waals surface area contributed by atoms with Gasteiger partial charge in [0.2, 0.25) is 11.8 Å². The Balaban J connectivity index is 0. The molecule has 0 radical (unpaired) electrons. The average molecular weight is 326 g/mol. The molecular formula is C17H34N4O2. The van der Waals surface area contributed by atoms with Gasteiger partial charge in [0.15, 0.2) is 0 Å². The summed E-state index contributed by atoms with van der Waals surface area (Å²) in [6, 6.07) is 0. The molecule has 0 rings (SSSR count). The Labute approximate surface area is 141 Å². The van der Waals surface area contributed by atoms with E-state index in [1.807, 2.05) is 19.1 Å². The molecule has 0 aliphatic heterocycles. The van der Waals surface area contributed by atoms with Crippen LogP contribution in [0.5, 0.6) is 0 Å². The second-order valence-corrected chi connectivity index (χ2v) is 5.68. The standard InChI is InChI=1S/C9H18N2O.C8H16N2O/c1-8(6-4-5-7-10)9(12)11(2)3;1-7(5-4-6-9)8(11)10(2)3/h6H,4-5,7,10H2,1-3H3;5H,4,6,9H2,1-3H3. The lowest BCUT2D eigenvalue weighted by molar-refractivity contribution is -0.125. The van der Waals surface area contributed by atoms with Gasteiger partial charge in [0.05, 0.1) is 0 Å². The van der Waals surface area contributed by atoms with Crippen LogP contribution in [0.3, 0.4) is 0 Å². The van der Waals surface area contributed by atoms with E-state index >= 15 is 0 Å². The fraction of sp³-hybridized carbons (Fsp3) is 0.647. The number of carbonyl (C=O) groups excluding carboxylic acids is 2. The van der Waals surface area contributed by atoms with Crippen molar-refractivity contribution in [2.75, 3.05) is 41.3 Å². The van der Waals surface area contributed by atoms with Crippen LogP contribution in [-0.2, 0) is 9.59 Å². The predicted octanol–water partition coefficient (Wildman–Crippen LogP) is 1.13. The van der Waals surface area contributed by atoms with Crippen LogP contribution in [0.2, 0.25) is 0 Å². The van der Waals surface area contributed by atoms with Crippen molar-refractivity contribution in [3.63, 3.8) is 0 Å². The summed E-state index contributed by atoms with van der Waals surface area (Å²) in [6.07, 6.45) is 6.41. The van der Waals surface area contributed by atoms with Gasteiger partial charge in [0.25, 0.3) is 0 Å². The van der Waals surface area contributed by atoms with E-state index in [9.17, 15) is 9.59 Å². The maximum atomic E-state index is 11.3. The first-order valence-corrected chi connectivity index (χ1v) is 7.85. The molecule has 0 aliphatic rings. The number of rotatable bonds is 7. The van der Waals surface area contributed by atoms with Crippen molar-refractivity contribution in [1.29, 1.82) is 0 Å². The molecular weight excluding hydrogens is 292 g/mol. The monoisotopic (exact) mass is 326 g/mol. The number of hydrogen-bond acceptors (Lipinski definition) is 4. The quantitative estimate of drug-likeness (QED) is 0.542. The minimum absolute atomic E-state index is 0.0541. The molecule has 4 N–H and O–H groups in total. The largest absolute Gasteiger partial charge is 0.345 e. The molecule has 0 aromatic carbocycles. The number of likely N-dealkylation sites (N-methyl/N-ethyl adjacent to an activating group) is 2. The number of carbonyl (C=O) groups is 2. The lowest BCUT2D eigenvalue weighted by Gasteiger charge is -2.09. The lowest BCUT2D eigenvalue weighted by Crippen LogP contribution is -2.22. The second kappa shape index (κ2) is 14.0. The maximum Gasteiger partial charge on any atom is 0.248 e. The normalized spacial score (nSPS) is 11.5. The van der Waals surface area contributed by atoms with Crippen LogP contribution in [0.25, 0.3) is 0 Å². The molecule has 0 bridgehead atoms. The zero-order chi connectivity index (χ0) is 18.4. The molecule has 0 aromatic rings. The number of nitrogens with two attached hydrogens (primary N) is 2. The Morgan fingerprint density at radius 2 is 1.17 bits per heavy atom. The third kappa shape index (κ3) is 12.6. The molecule has 0 aliphatic carbocycles. The zero-order valence-electron chi connectivity index (χ0n) is 15.6. The van der Waals surface area contributed by atoms with Crippen molar-refractivity contribution < 1.29 is 9.59 Å². The molecule has 2 amide bonds. The van der Waals surface area contributed by atoms with Crippen LogP contribution < -0.4 is 11.5 Å². The number of nitrogens with zero attached hydrogens (tertiary/aromatic N) is 2. The number of hydrogen-bond donors (Lipinski definition) is 2. The van der Waals surface area contributed by atoms with E-state index in [4.69, 9.17) is 11.5 Å². The van der Waals surface area contributed by atoms with Gasteiger partial charge < -0.3 is 21.3 Å². The third-order valence-electron chi connectivity index (χ3n) is 2.96. The predicted molar refractivity (Wildman–Crippen MR) is 96.9 cm³/mol. The minimum Gasteiger partial charge on any atom is -0.345 e. The Bertz CT molecular complexity index is 413.